The number of amides is 1. The number of nitriles is 1. The van der Waals surface area contributed by atoms with Crippen molar-refractivity contribution in [2.24, 2.45) is 0 Å². The molecule has 0 unspecified atom stereocenters. The SMILES string of the molecule is CCCCN(CCCC)C(=O)CSc1nnc2c3c(c(C#N)c(Nc4ccccc4)n12)CC(C)(C)OC3. The number of ether oxygens (including phenoxy) is 1. The van der Waals surface area contributed by atoms with Crippen LogP contribution in [-0.2, 0) is 22.6 Å². The minimum Gasteiger partial charge on any atom is -0.370 e. The summed E-state index contributed by atoms with van der Waals surface area (Å²) in [6, 6.07) is 12.2. The van der Waals surface area contributed by atoms with Gasteiger partial charge in [0, 0.05) is 30.8 Å². The normalized spacial score (nSPS) is 14.2. The van der Waals surface area contributed by atoms with E-state index in [9.17, 15) is 10.1 Å². The lowest BCUT2D eigenvalue weighted by Crippen LogP contribution is -2.34. The smallest absolute Gasteiger partial charge is 0.233 e. The third-order valence-electron chi connectivity index (χ3n) is 6.63. The largest absolute Gasteiger partial charge is 0.370 e. The third-order valence-corrected chi connectivity index (χ3v) is 7.54. The molecule has 0 saturated carbocycles. The molecule has 196 valence electrons. The van der Waals surface area contributed by atoms with Gasteiger partial charge in [0.1, 0.15) is 11.9 Å². The summed E-state index contributed by atoms with van der Waals surface area (Å²) in [5.41, 5.74) is 3.51. The number of aromatic nitrogens is 3. The summed E-state index contributed by atoms with van der Waals surface area (Å²) in [5.74, 6) is 0.986. The molecule has 1 aliphatic rings. The second-order valence-corrected chi connectivity index (χ2v) is 11.0. The van der Waals surface area contributed by atoms with E-state index in [1.807, 2.05) is 53.5 Å². The molecular weight excluding hydrogens is 484 g/mol. The van der Waals surface area contributed by atoms with Crippen LogP contribution >= 0.6 is 11.8 Å². The topological polar surface area (TPSA) is 95.5 Å². The monoisotopic (exact) mass is 520 g/mol. The number of unbranched alkanes of at least 4 members (excludes halogenated alkanes) is 2. The van der Waals surface area contributed by atoms with Crippen molar-refractivity contribution in [1.82, 2.24) is 19.5 Å². The molecule has 0 atom stereocenters. The Balaban J connectivity index is 1.73. The van der Waals surface area contributed by atoms with E-state index in [2.05, 4.69) is 35.4 Å². The molecule has 3 heterocycles. The molecule has 37 heavy (non-hydrogen) atoms. The molecule has 0 saturated heterocycles. The zero-order chi connectivity index (χ0) is 26.4. The summed E-state index contributed by atoms with van der Waals surface area (Å²) in [4.78, 5) is 15.1. The van der Waals surface area contributed by atoms with E-state index in [0.717, 1.165) is 55.6 Å². The van der Waals surface area contributed by atoms with Crippen molar-refractivity contribution >= 4 is 34.8 Å². The van der Waals surface area contributed by atoms with Gasteiger partial charge in [0.2, 0.25) is 5.91 Å². The number of carbonyl (C=O) groups is 1. The highest BCUT2D eigenvalue weighted by Gasteiger charge is 2.33. The molecule has 4 rings (SSSR count). The van der Waals surface area contributed by atoms with Gasteiger partial charge in [0.05, 0.1) is 23.5 Å². The number of thioether (sulfide) groups is 1. The Morgan fingerprint density at radius 3 is 2.51 bits per heavy atom. The number of anilines is 2. The lowest BCUT2D eigenvalue weighted by atomic mass is 9.89. The van der Waals surface area contributed by atoms with Gasteiger partial charge in [0.25, 0.3) is 0 Å². The zero-order valence-corrected chi connectivity index (χ0v) is 23.0. The fraction of sp³-hybridized carbons (Fsp3) is 0.500. The highest BCUT2D eigenvalue weighted by molar-refractivity contribution is 7.99. The van der Waals surface area contributed by atoms with Crippen LogP contribution < -0.4 is 5.32 Å². The Labute approximate surface area is 223 Å². The van der Waals surface area contributed by atoms with Crippen molar-refractivity contribution in [3.05, 3.63) is 47.0 Å². The van der Waals surface area contributed by atoms with Crippen LogP contribution in [0.2, 0.25) is 0 Å². The van der Waals surface area contributed by atoms with Crippen molar-refractivity contribution in [2.75, 3.05) is 24.2 Å². The summed E-state index contributed by atoms with van der Waals surface area (Å²) in [5, 5.41) is 23.3. The van der Waals surface area contributed by atoms with Crippen LogP contribution in [0.5, 0.6) is 0 Å². The van der Waals surface area contributed by atoms with E-state index < -0.39 is 0 Å². The summed E-state index contributed by atoms with van der Waals surface area (Å²) >= 11 is 1.36. The summed E-state index contributed by atoms with van der Waals surface area (Å²) in [6.07, 6.45) is 4.68. The molecule has 0 fully saturated rings. The van der Waals surface area contributed by atoms with Crippen molar-refractivity contribution in [3.63, 3.8) is 0 Å². The standard InChI is InChI=1S/C28H36N6O2S/c1-5-7-14-33(15-8-6-2)24(35)19-37-27-32-31-26-23-18-36-28(3,4)16-21(23)22(17-29)25(34(26)27)30-20-12-10-9-11-13-20/h9-13,30H,5-8,14-16,18-19H2,1-4H3. The first-order valence-electron chi connectivity index (χ1n) is 13.1. The molecule has 1 aliphatic heterocycles. The maximum Gasteiger partial charge on any atom is 0.233 e. The maximum absolute atomic E-state index is 13.1. The van der Waals surface area contributed by atoms with E-state index in [0.29, 0.717) is 35.2 Å². The second-order valence-electron chi connectivity index (χ2n) is 10.0. The highest BCUT2D eigenvalue weighted by Crippen LogP contribution is 2.38. The van der Waals surface area contributed by atoms with Crippen LogP contribution in [0.15, 0.2) is 35.5 Å². The first kappa shape index (κ1) is 27.0. The predicted molar refractivity (Wildman–Crippen MR) is 147 cm³/mol. The number of hydrogen-bond donors (Lipinski definition) is 1. The minimum absolute atomic E-state index is 0.102. The van der Waals surface area contributed by atoms with Crippen molar-refractivity contribution in [3.8, 4) is 6.07 Å². The number of fused-ring (bicyclic) bond motifs is 3. The van der Waals surface area contributed by atoms with Crippen molar-refractivity contribution in [1.29, 1.82) is 5.26 Å². The molecule has 0 spiro atoms. The number of rotatable bonds is 11. The molecule has 1 aromatic carbocycles. The summed E-state index contributed by atoms with van der Waals surface area (Å²) in [7, 11) is 0. The van der Waals surface area contributed by atoms with Gasteiger partial charge in [-0.3, -0.25) is 9.20 Å². The molecule has 2 aromatic heterocycles. The van der Waals surface area contributed by atoms with Gasteiger partial charge in [-0.2, -0.15) is 5.26 Å². The molecule has 0 aliphatic carbocycles. The average molecular weight is 521 g/mol. The molecule has 1 amide bonds. The first-order valence-corrected chi connectivity index (χ1v) is 14.1. The van der Waals surface area contributed by atoms with Gasteiger partial charge in [0.15, 0.2) is 10.8 Å². The number of benzene rings is 1. The quantitative estimate of drug-likeness (QED) is 0.323. The first-order chi connectivity index (χ1) is 17.9. The van der Waals surface area contributed by atoms with Gasteiger partial charge in [-0.1, -0.05) is 56.7 Å². The molecule has 0 bridgehead atoms. The number of hydrogen-bond acceptors (Lipinski definition) is 7. The van der Waals surface area contributed by atoms with Crippen molar-refractivity contribution < 1.29 is 9.53 Å². The van der Waals surface area contributed by atoms with E-state index >= 15 is 0 Å². The van der Waals surface area contributed by atoms with Gasteiger partial charge < -0.3 is 15.0 Å². The van der Waals surface area contributed by atoms with E-state index in [1.165, 1.54) is 11.8 Å². The molecule has 8 nitrogen and oxygen atoms in total. The van der Waals surface area contributed by atoms with Gasteiger partial charge in [-0.05, 0) is 44.4 Å². The van der Waals surface area contributed by atoms with Crippen LogP contribution in [0.3, 0.4) is 0 Å². The highest BCUT2D eigenvalue weighted by atomic mass is 32.2. The lowest BCUT2D eigenvalue weighted by molar-refractivity contribution is -0.128. The fourth-order valence-corrected chi connectivity index (χ4v) is 5.41. The lowest BCUT2D eigenvalue weighted by Gasteiger charge is -2.33. The number of nitrogens with one attached hydrogen (secondary N) is 1. The number of para-hydroxylation sites is 1. The zero-order valence-electron chi connectivity index (χ0n) is 22.2. The van der Waals surface area contributed by atoms with Crippen LogP contribution in [0, 0.1) is 11.3 Å². The molecular formula is C28H36N6O2S. The predicted octanol–water partition coefficient (Wildman–Crippen LogP) is 5.72. The van der Waals surface area contributed by atoms with Gasteiger partial charge >= 0.3 is 0 Å². The second kappa shape index (κ2) is 12.0. The molecule has 0 radical (unpaired) electrons. The van der Waals surface area contributed by atoms with Crippen LogP contribution in [-0.4, -0.2) is 49.8 Å². The summed E-state index contributed by atoms with van der Waals surface area (Å²) < 4.78 is 7.97. The van der Waals surface area contributed by atoms with Crippen LogP contribution in [0.25, 0.3) is 5.65 Å². The fourth-order valence-electron chi connectivity index (χ4n) is 4.57. The maximum atomic E-state index is 13.1. The van der Waals surface area contributed by atoms with Gasteiger partial charge in [-0.25, -0.2) is 0 Å². The van der Waals surface area contributed by atoms with E-state index in [-0.39, 0.29) is 17.3 Å². The van der Waals surface area contributed by atoms with Gasteiger partial charge in [-0.15, -0.1) is 10.2 Å². The Morgan fingerprint density at radius 2 is 1.86 bits per heavy atom. The Bertz CT molecular complexity index is 1270. The molecule has 3 aromatic rings. The number of pyridine rings is 1. The van der Waals surface area contributed by atoms with E-state index in [1.54, 1.807) is 0 Å². The van der Waals surface area contributed by atoms with E-state index in [4.69, 9.17) is 4.74 Å². The number of carbonyl (C=O) groups excluding carboxylic acids is 1. The van der Waals surface area contributed by atoms with Crippen LogP contribution in [0.1, 0.15) is 70.1 Å². The average Bonchev–Trinajstić information content (AvgIpc) is 3.31. The Hall–Kier alpha value is -3.09. The Kier molecular flexibility index (Phi) is 8.72. The van der Waals surface area contributed by atoms with Crippen LogP contribution in [0.4, 0.5) is 11.5 Å². The minimum atomic E-state index is -0.384. The molecule has 9 heteroatoms. The number of nitrogens with zero attached hydrogens (tertiary/aromatic N) is 5. The van der Waals surface area contributed by atoms with Crippen molar-refractivity contribution in [2.45, 2.75) is 77.2 Å². The Morgan fingerprint density at radius 1 is 1.16 bits per heavy atom. The summed E-state index contributed by atoms with van der Waals surface area (Å²) in [6.45, 7) is 10.2. The molecule has 1 N–H and O–H groups in total. The third kappa shape index (κ3) is 6.08.